The molecule has 0 spiro atoms. The highest BCUT2D eigenvalue weighted by Gasteiger charge is 2.61. The van der Waals surface area contributed by atoms with E-state index < -0.39 is 47.2 Å². The van der Waals surface area contributed by atoms with Crippen LogP contribution in [0.4, 0.5) is 34.5 Å². The minimum Gasteiger partial charge on any atom is -0.453 e. The number of hydrogen-bond donors (Lipinski definition) is 2. The van der Waals surface area contributed by atoms with E-state index in [2.05, 4.69) is 15.4 Å². The first-order valence-corrected chi connectivity index (χ1v) is 9.60. The van der Waals surface area contributed by atoms with Gasteiger partial charge in [0.15, 0.2) is 17.2 Å². The molecule has 31 heavy (non-hydrogen) atoms. The van der Waals surface area contributed by atoms with Crippen molar-refractivity contribution < 1.29 is 37.4 Å². The molecule has 3 amide bonds. The summed E-state index contributed by atoms with van der Waals surface area (Å²) in [4.78, 5) is 37.5. The Morgan fingerprint density at radius 3 is 2.58 bits per heavy atom. The van der Waals surface area contributed by atoms with Gasteiger partial charge in [-0.05, 0) is 13.8 Å². The fraction of sp³-hybridized carbons (Fsp3) is 0.526. The molecule has 0 bridgehead atoms. The van der Waals surface area contributed by atoms with Crippen LogP contribution in [0.15, 0.2) is 12.1 Å². The molecule has 3 aliphatic rings. The highest BCUT2D eigenvalue weighted by Crippen LogP contribution is 2.42. The van der Waals surface area contributed by atoms with E-state index in [4.69, 9.17) is 9.47 Å². The maximum atomic E-state index is 15.0. The van der Waals surface area contributed by atoms with Crippen molar-refractivity contribution in [2.45, 2.75) is 31.1 Å². The van der Waals surface area contributed by atoms with Crippen molar-refractivity contribution in [1.82, 2.24) is 10.6 Å². The van der Waals surface area contributed by atoms with Gasteiger partial charge < -0.3 is 29.7 Å². The highest BCUT2D eigenvalue weighted by molar-refractivity contribution is 5.90. The highest BCUT2D eigenvalue weighted by atomic mass is 19.1. The second kappa shape index (κ2) is 7.13. The van der Waals surface area contributed by atoms with Gasteiger partial charge in [-0.25, -0.2) is 23.2 Å². The fourth-order valence-electron chi connectivity index (χ4n) is 4.19. The Morgan fingerprint density at radius 1 is 1.29 bits per heavy atom. The molecular weight excluding hydrogens is 418 g/mol. The van der Waals surface area contributed by atoms with E-state index >= 15 is 0 Å². The monoisotopic (exact) mass is 440 g/mol. The number of amides is 3. The summed E-state index contributed by atoms with van der Waals surface area (Å²) in [5.74, 6) is -1.73. The molecule has 0 aromatic heterocycles. The summed E-state index contributed by atoms with van der Waals surface area (Å²) in [5.41, 5.74) is -2.03. The second-order valence-corrected chi connectivity index (χ2v) is 8.18. The van der Waals surface area contributed by atoms with Crippen LogP contribution in [-0.4, -0.2) is 68.8 Å². The van der Waals surface area contributed by atoms with E-state index in [9.17, 15) is 23.2 Å². The van der Waals surface area contributed by atoms with Gasteiger partial charge in [0.1, 0.15) is 11.8 Å². The Hall–Kier alpha value is -3.31. The van der Waals surface area contributed by atoms with Crippen LogP contribution in [0, 0.1) is 11.6 Å². The van der Waals surface area contributed by atoms with Crippen LogP contribution in [0.25, 0.3) is 0 Å². The average Bonchev–Trinajstić information content (AvgIpc) is 3.22. The van der Waals surface area contributed by atoms with Crippen molar-refractivity contribution in [3.8, 4) is 0 Å². The third kappa shape index (κ3) is 3.45. The van der Waals surface area contributed by atoms with Gasteiger partial charge in [-0.3, -0.25) is 4.90 Å². The largest absolute Gasteiger partial charge is 0.453 e. The molecule has 0 radical (unpaired) electrons. The van der Waals surface area contributed by atoms with Crippen molar-refractivity contribution in [3.63, 3.8) is 0 Å². The molecule has 3 saturated heterocycles. The fourth-order valence-corrected chi connectivity index (χ4v) is 4.19. The minimum atomic E-state index is -0.944. The zero-order chi connectivity index (χ0) is 22.6. The molecule has 2 unspecified atom stereocenters. The number of ether oxygens (including phenoxy) is 3. The number of nitrogens with zero attached hydrogens (tertiary/aromatic N) is 2. The zero-order valence-electron chi connectivity index (χ0n) is 17.2. The van der Waals surface area contributed by atoms with E-state index in [-0.39, 0.29) is 37.6 Å². The van der Waals surface area contributed by atoms with Gasteiger partial charge >= 0.3 is 18.3 Å². The van der Waals surface area contributed by atoms with E-state index in [1.165, 1.54) is 12.0 Å². The number of benzene rings is 1. The summed E-state index contributed by atoms with van der Waals surface area (Å²) in [5, 5.41) is 5.11. The first-order chi connectivity index (χ1) is 14.5. The lowest BCUT2D eigenvalue weighted by Gasteiger charge is -2.27. The van der Waals surface area contributed by atoms with Crippen molar-refractivity contribution in [3.05, 3.63) is 23.8 Å². The lowest BCUT2D eigenvalue weighted by atomic mass is 9.87. The molecule has 12 heteroatoms. The first kappa shape index (κ1) is 20.9. The molecular formula is C19H22F2N4O6. The number of carbonyl (C=O) groups excluding carboxylic acids is 3. The Morgan fingerprint density at radius 2 is 1.97 bits per heavy atom. The average molecular weight is 440 g/mol. The molecule has 10 nitrogen and oxygen atoms in total. The summed E-state index contributed by atoms with van der Waals surface area (Å²) in [6, 6.07) is 2.10. The number of methoxy groups -OCH3 is 1. The molecule has 2 N–H and O–H groups in total. The van der Waals surface area contributed by atoms with Crippen LogP contribution in [0.3, 0.4) is 0 Å². The predicted octanol–water partition coefficient (Wildman–Crippen LogP) is 1.72. The molecule has 3 aliphatic heterocycles. The predicted molar refractivity (Wildman–Crippen MR) is 103 cm³/mol. The molecule has 168 valence electrons. The van der Waals surface area contributed by atoms with Crippen molar-refractivity contribution in [2.75, 3.05) is 43.1 Å². The number of anilines is 2. The van der Waals surface area contributed by atoms with Crippen LogP contribution < -0.4 is 20.4 Å². The van der Waals surface area contributed by atoms with Gasteiger partial charge in [0, 0.05) is 18.7 Å². The molecule has 3 atom stereocenters. The van der Waals surface area contributed by atoms with Crippen LogP contribution in [0.2, 0.25) is 0 Å². The number of carbonyl (C=O) groups is 3. The number of rotatable bonds is 4. The maximum absolute atomic E-state index is 15.0. The van der Waals surface area contributed by atoms with Crippen molar-refractivity contribution in [2.24, 2.45) is 0 Å². The Bertz CT molecular complexity index is 916. The SMILES string of the molecule is COC(=O)NC[C@H]1CN(c2cc(F)c(N3CC4(C)NC(=O)OC4(C)C3)c(F)c2)C(=O)O1. The van der Waals surface area contributed by atoms with Gasteiger partial charge in [-0.2, -0.15) is 0 Å². The number of cyclic esters (lactones) is 1. The summed E-state index contributed by atoms with van der Waals surface area (Å²) >= 11 is 0. The number of fused-ring (bicyclic) bond motifs is 1. The topological polar surface area (TPSA) is 109 Å². The lowest BCUT2D eigenvalue weighted by molar-refractivity contribution is 0.0537. The van der Waals surface area contributed by atoms with E-state index in [0.29, 0.717) is 0 Å². The van der Waals surface area contributed by atoms with Gasteiger partial charge in [0.2, 0.25) is 0 Å². The van der Waals surface area contributed by atoms with Crippen LogP contribution >= 0.6 is 0 Å². The van der Waals surface area contributed by atoms with Gasteiger partial charge in [0.25, 0.3) is 0 Å². The summed E-state index contributed by atoms with van der Waals surface area (Å²) in [6.07, 6.45) is -2.73. The molecule has 3 fully saturated rings. The normalized spacial score (nSPS) is 29.4. The molecule has 1 aromatic rings. The Labute approximate surface area is 176 Å². The van der Waals surface area contributed by atoms with Gasteiger partial charge in [-0.1, -0.05) is 0 Å². The van der Waals surface area contributed by atoms with Gasteiger partial charge in [-0.15, -0.1) is 0 Å². The third-order valence-corrected chi connectivity index (χ3v) is 6.03. The Balaban J connectivity index is 1.52. The van der Waals surface area contributed by atoms with E-state index in [0.717, 1.165) is 17.0 Å². The smallest absolute Gasteiger partial charge is 0.414 e. The molecule has 4 rings (SSSR count). The third-order valence-electron chi connectivity index (χ3n) is 6.03. The number of hydrogen-bond acceptors (Lipinski definition) is 7. The number of nitrogens with one attached hydrogen (secondary N) is 2. The molecule has 0 saturated carbocycles. The number of alkyl carbamates (subject to hydrolysis) is 2. The van der Waals surface area contributed by atoms with E-state index in [1.807, 2.05) is 0 Å². The van der Waals surface area contributed by atoms with Crippen molar-refractivity contribution in [1.29, 1.82) is 0 Å². The lowest BCUT2D eigenvalue weighted by Crippen LogP contribution is -2.52. The Kier molecular flexibility index (Phi) is 4.82. The summed E-state index contributed by atoms with van der Waals surface area (Å²) in [6.45, 7) is 3.70. The quantitative estimate of drug-likeness (QED) is 0.686. The first-order valence-electron chi connectivity index (χ1n) is 9.60. The maximum Gasteiger partial charge on any atom is 0.414 e. The summed E-state index contributed by atoms with van der Waals surface area (Å²) in [7, 11) is 1.20. The standard InChI is InChI=1S/C19H22F2N4O6/c1-18-8-24(9-19(18,2)31-16(27)23-18)14-12(20)4-10(5-13(14)21)25-7-11(30-17(25)28)6-22-15(26)29-3/h4-5,11H,6-9H2,1-3H3,(H,22,26)(H,23,27)/t11-,18?,19?/m0/s1. The zero-order valence-corrected chi connectivity index (χ0v) is 17.2. The second-order valence-electron chi connectivity index (χ2n) is 8.18. The van der Waals surface area contributed by atoms with Crippen LogP contribution in [0.5, 0.6) is 0 Å². The number of halogens is 2. The van der Waals surface area contributed by atoms with Crippen LogP contribution in [-0.2, 0) is 14.2 Å². The van der Waals surface area contributed by atoms with Crippen LogP contribution in [0.1, 0.15) is 13.8 Å². The minimum absolute atomic E-state index is 0.000776. The summed E-state index contributed by atoms with van der Waals surface area (Å²) < 4.78 is 44.9. The molecule has 3 heterocycles. The molecule has 0 aliphatic carbocycles. The van der Waals surface area contributed by atoms with Crippen molar-refractivity contribution >= 4 is 29.7 Å². The van der Waals surface area contributed by atoms with Gasteiger partial charge in [0.05, 0.1) is 38.0 Å². The van der Waals surface area contributed by atoms with E-state index in [1.54, 1.807) is 13.8 Å². The molecule has 1 aromatic carbocycles.